The molecule has 0 amide bonds. The molecule has 1 aliphatic carbocycles. The molecule has 2 rings (SSSR count). The van der Waals surface area contributed by atoms with Crippen LogP contribution in [0.3, 0.4) is 0 Å². The molecule has 1 saturated heterocycles. The van der Waals surface area contributed by atoms with Crippen molar-refractivity contribution in [3.05, 3.63) is 0 Å². The van der Waals surface area contributed by atoms with Crippen LogP contribution in [0, 0.1) is 23.7 Å². The highest BCUT2D eigenvalue weighted by Crippen LogP contribution is 2.46. The Bertz CT molecular complexity index is 300. The average molecular weight is 267 g/mol. The molecule has 112 valence electrons. The van der Waals surface area contributed by atoms with Crippen LogP contribution in [0.25, 0.3) is 0 Å². The minimum atomic E-state index is 0.0575. The number of ether oxygens (including phenoxy) is 1. The first-order chi connectivity index (χ1) is 8.81. The Hall–Kier alpha value is -0.0800. The molecule has 2 aliphatic rings. The number of nitrogens with zero attached hydrogens (tertiary/aromatic N) is 1. The largest absolute Gasteiger partial charge is 0.360 e. The molecule has 19 heavy (non-hydrogen) atoms. The lowest BCUT2D eigenvalue weighted by atomic mass is 9.64. The highest BCUT2D eigenvalue weighted by atomic mass is 16.5. The van der Waals surface area contributed by atoms with Gasteiger partial charge in [-0.25, -0.2) is 0 Å². The number of hydrogen-bond donors (Lipinski definition) is 0. The highest BCUT2D eigenvalue weighted by molar-refractivity contribution is 4.99. The molecule has 4 unspecified atom stereocenters. The normalized spacial score (nSPS) is 39.3. The van der Waals surface area contributed by atoms with E-state index in [1.165, 1.54) is 25.7 Å². The fourth-order valence-corrected chi connectivity index (χ4v) is 4.36. The van der Waals surface area contributed by atoms with Crippen LogP contribution < -0.4 is 0 Å². The molecule has 1 heterocycles. The minimum Gasteiger partial charge on any atom is -0.360 e. The van der Waals surface area contributed by atoms with Crippen molar-refractivity contribution < 1.29 is 4.74 Å². The van der Waals surface area contributed by atoms with E-state index in [0.29, 0.717) is 5.92 Å². The molecule has 1 aliphatic heterocycles. The van der Waals surface area contributed by atoms with E-state index in [9.17, 15) is 0 Å². The van der Waals surface area contributed by atoms with Crippen LogP contribution in [0.15, 0.2) is 0 Å². The molecule has 0 aromatic rings. The van der Waals surface area contributed by atoms with Gasteiger partial charge >= 0.3 is 0 Å². The summed E-state index contributed by atoms with van der Waals surface area (Å²) in [6, 6.07) is 0.721. The third-order valence-corrected chi connectivity index (χ3v) is 5.48. The predicted octanol–water partition coefficient (Wildman–Crippen LogP) is 4.15. The van der Waals surface area contributed by atoms with E-state index in [2.05, 4.69) is 46.6 Å². The van der Waals surface area contributed by atoms with Crippen molar-refractivity contribution >= 4 is 0 Å². The van der Waals surface area contributed by atoms with Crippen molar-refractivity contribution in [1.82, 2.24) is 4.90 Å². The Morgan fingerprint density at radius 2 is 1.95 bits per heavy atom. The van der Waals surface area contributed by atoms with Crippen molar-refractivity contribution in [2.45, 2.75) is 71.9 Å². The summed E-state index contributed by atoms with van der Waals surface area (Å²) >= 11 is 0. The second kappa shape index (κ2) is 5.73. The maximum absolute atomic E-state index is 6.10. The number of fused-ring (bicyclic) bond motifs is 1. The summed E-state index contributed by atoms with van der Waals surface area (Å²) in [5, 5.41) is 0. The molecule has 0 aromatic heterocycles. The van der Waals surface area contributed by atoms with Gasteiger partial charge in [0.2, 0.25) is 0 Å². The predicted molar refractivity (Wildman–Crippen MR) is 81.0 cm³/mol. The van der Waals surface area contributed by atoms with Gasteiger partial charge in [-0.3, -0.25) is 4.90 Å². The Kier molecular flexibility index (Phi) is 4.62. The number of hydrogen-bond acceptors (Lipinski definition) is 2. The molecule has 0 aromatic carbocycles. The second-order valence-corrected chi connectivity index (χ2v) is 8.02. The lowest BCUT2D eigenvalue weighted by Gasteiger charge is -2.55. The van der Waals surface area contributed by atoms with Crippen LogP contribution in [-0.2, 0) is 4.74 Å². The Morgan fingerprint density at radius 1 is 1.26 bits per heavy atom. The summed E-state index contributed by atoms with van der Waals surface area (Å²) in [7, 11) is 2.23. The van der Waals surface area contributed by atoms with Crippen molar-refractivity contribution in [2.75, 3.05) is 13.8 Å². The molecule has 4 atom stereocenters. The van der Waals surface area contributed by atoms with Crippen molar-refractivity contribution in [3.8, 4) is 0 Å². The lowest BCUT2D eigenvalue weighted by molar-refractivity contribution is -0.199. The molecule has 0 spiro atoms. The monoisotopic (exact) mass is 267 g/mol. The summed E-state index contributed by atoms with van der Waals surface area (Å²) in [4.78, 5) is 2.44. The van der Waals surface area contributed by atoms with Crippen LogP contribution in [0.1, 0.15) is 60.3 Å². The molecular weight excluding hydrogens is 234 g/mol. The topological polar surface area (TPSA) is 12.5 Å². The van der Waals surface area contributed by atoms with Gasteiger partial charge < -0.3 is 4.74 Å². The van der Waals surface area contributed by atoms with Gasteiger partial charge in [-0.1, -0.05) is 33.6 Å². The summed E-state index contributed by atoms with van der Waals surface area (Å²) in [5.74, 6) is 3.26. The van der Waals surface area contributed by atoms with Gasteiger partial charge in [-0.2, -0.15) is 0 Å². The fraction of sp³-hybridized carbons (Fsp3) is 1.00. The fourth-order valence-electron chi connectivity index (χ4n) is 4.36. The summed E-state index contributed by atoms with van der Waals surface area (Å²) in [6.07, 6.45) is 5.56. The first-order valence-corrected chi connectivity index (χ1v) is 8.15. The van der Waals surface area contributed by atoms with Crippen molar-refractivity contribution in [1.29, 1.82) is 0 Å². The zero-order chi connectivity index (χ0) is 14.2. The smallest absolute Gasteiger partial charge is 0.0997 e. The standard InChI is InChI=1S/C17H33NO/c1-12(2)7-8-14-9-13(3)16-15(10-14)17(4,5)19-11-18(16)6/h12-16H,7-11H2,1-6H3. The lowest BCUT2D eigenvalue weighted by Crippen LogP contribution is -2.60. The SMILES string of the molecule is CC(C)CCC1CC(C)C2C(C1)C(C)(C)OCN2C. The quantitative estimate of drug-likeness (QED) is 0.761. The minimum absolute atomic E-state index is 0.0575. The molecule has 1 saturated carbocycles. The van der Waals surface area contributed by atoms with E-state index in [0.717, 1.165) is 30.5 Å². The van der Waals surface area contributed by atoms with E-state index >= 15 is 0 Å². The maximum atomic E-state index is 6.10. The average Bonchev–Trinajstić information content (AvgIpc) is 2.31. The van der Waals surface area contributed by atoms with Gasteiger partial charge in [0.05, 0.1) is 12.3 Å². The van der Waals surface area contributed by atoms with E-state index in [1.54, 1.807) is 0 Å². The highest BCUT2D eigenvalue weighted by Gasteiger charge is 2.48. The Morgan fingerprint density at radius 3 is 2.58 bits per heavy atom. The first-order valence-electron chi connectivity index (χ1n) is 8.15. The third-order valence-electron chi connectivity index (χ3n) is 5.48. The molecule has 2 fully saturated rings. The van der Waals surface area contributed by atoms with Gasteiger partial charge in [0, 0.05) is 12.0 Å². The van der Waals surface area contributed by atoms with E-state index in [1.807, 2.05) is 0 Å². The van der Waals surface area contributed by atoms with Gasteiger partial charge in [0.25, 0.3) is 0 Å². The molecular formula is C17H33NO. The Labute approximate surface area is 119 Å². The molecule has 0 N–H and O–H groups in total. The zero-order valence-corrected chi connectivity index (χ0v) is 13.8. The van der Waals surface area contributed by atoms with E-state index < -0.39 is 0 Å². The van der Waals surface area contributed by atoms with Crippen molar-refractivity contribution in [3.63, 3.8) is 0 Å². The molecule has 0 radical (unpaired) electrons. The van der Waals surface area contributed by atoms with Crippen LogP contribution in [0.4, 0.5) is 0 Å². The molecule has 2 nitrogen and oxygen atoms in total. The molecule has 2 heteroatoms. The first kappa shape index (κ1) is 15.3. The summed E-state index contributed by atoms with van der Waals surface area (Å²) < 4.78 is 6.10. The van der Waals surface area contributed by atoms with Gasteiger partial charge in [-0.15, -0.1) is 0 Å². The van der Waals surface area contributed by atoms with Crippen LogP contribution in [0.2, 0.25) is 0 Å². The van der Waals surface area contributed by atoms with Crippen LogP contribution >= 0.6 is 0 Å². The summed E-state index contributed by atoms with van der Waals surface area (Å²) in [6.45, 7) is 12.5. The van der Waals surface area contributed by atoms with Crippen LogP contribution in [0.5, 0.6) is 0 Å². The zero-order valence-electron chi connectivity index (χ0n) is 13.8. The number of rotatable bonds is 3. The van der Waals surface area contributed by atoms with E-state index in [-0.39, 0.29) is 5.60 Å². The van der Waals surface area contributed by atoms with E-state index in [4.69, 9.17) is 4.74 Å². The second-order valence-electron chi connectivity index (χ2n) is 8.02. The summed E-state index contributed by atoms with van der Waals surface area (Å²) in [5.41, 5.74) is 0.0575. The van der Waals surface area contributed by atoms with Crippen molar-refractivity contribution in [2.24, 2.45) is 23.7 Å². The Balaban J connectivity index is 2.05. The van der Waals surface area contributed by atoms with Crippen LogP contribution in [-0.4, -0.2) is 30.3 Å². The van der Waals surface area contributed by atoms with Gasteiger partial charge in [0.1, 0.15) is 0 Å². The van der Waals surface area contributed by atoms with Gasteiger partial charge in [-0.05, 0) is 51.5 Å². The van der Waals surface area contributed by atoms with Gasteiger partial charge in [0.15, 0.2) is 0 Å². The molecule has 0 bridgehead atoms. The third kappa shape index (κ3) is 3.33. The maximum Gasteiger partial charge on any atom is 0.0997 e.